The summed E-state index contributed by atoms with van der Waals surface area (Å²) in [4.78, 5) is 5.71. The molecule has 3 heteroatoms. The third-order valence-corrected chi connectivity index (χ3v) is 3.10. The number of rotatable bonds is 0. The molecule has 2 aromatic rings. The van der Waals surface area contributed by atoms with Gasteiger partial charge in [-0.2, -0.15) is 0 Å². The molecule has 1 aliphatic heterocycles. The van der Waals surface area contributed by atoms with Crippen LogP contribution in [0.25, 0.3) is 11.3 Å². The summed E-state index contributed by atoms with van der Waals surface area (Å²) in [6.07, 6.45) is 0. The normalized spacial score (nSPS) is 12.9. The van der Waals surface area contributed by atoms with Crippen LogP contribution in [0.5, 0.6) is 0 Å². The molecule has 0 atom stereocenters. The molecule has 0 unspecified atom stereocenters. The number of aromatic nitrogens is 1. The fourth-order valence-corrected chi connectivity index (χ4v) is 2.35. The van der Waals surface area contributed by atoms with Gasteiger partial charge < -0.3 is 5.32 Å². The predicted octanol–water partition coefficient (Wildman–Crippen LogP) is 2.74. The molecule has 2 heterocycles. The molecule has 0 radical (unpaired) electrons. The Morgan fingerprint density at radius 1 is 1.31 bits per heavy atom. The van der Waals surface area contributed by atoms with E-state index >= 15 is 0 Å². The van der Waals surface area contributed by atoms with Crippen molar-refractivity contribution in [3.63, 3.8) is 0 Å². The molecular weight excluding hydrogens is 180 g/mol. The Morgan fingerprint density at radius 3 is 3.23 bits per heavy atom. The lowest BCUT2D eigenvalue weighted by atomic mass is 10.1. The van der Waals surface area contributed by atoms with Crippen molar-refractivity contribution in [3.8, 4) is 11.3 Å². The van der Waals surface area contributed by atoms with E-state index in [4.69, 9.17) is 0 Å². The second kappa shape index (κ2) is 2.57. The molecule has 0 bridgehead atoms. The summed E-state index contributed by atoms with van der Waals surface area (Å²) in [6.45, 7) is 0.914. The summed E-state index contributed by atoms with van der Waals surface area (Å²) in [6, 6.07) is 8.30. The van der Waals surface area contributed by atoms with Crippen molar-refractivity contribution >= 4 is 17.0 Å². The van der Waals surface area contributed by atoms with Crippen LogP contribution < -0.4 is 5.32 Å². The number of hydrogen-bond acceptors (Lipinski definition) is 3. The van der Waals surface area contributed by atoms with Crippen LogP contribution in [-0.4, -0.2) is 4.98 Å². The van der Waals surface area contributed by atoms with Gasteiger partial charge in [-0.05, 0) is 6.07 Å². The third-order valence-electron chi connectivity index (χ3n) is 2.26. The van der Waals surface area contributed by atoms with Crippen LogP contribution in [0.2, 0.25) is 0 Å². The van der Waals surface area contributed by atoms with Crippen LogP contribution >= 0.6 is 11.3 Å². The minimum Gasteiger partial charge on any atom is -0.380 e. The second-order valence-electron chi connectivity index (χ2n) is 3.02. The van der Waals surface area contributed by atoms with E-state index in [1.165, 1.54) is 16.1 Å². The number of hydrogen-bond donors (Lipinski definition) is 1. The zero-order valence-electron chi connectivity index (χ0n) is 6.95. The molecule has 0 spiro atoms. The van der Waals surface area contributed by atoms with E-state index in [9.17, 15) is 0 Å². The lowest BCUT2D eigenvalue weighted by Gasteiger charge is -2.16. The first-order valence-electron chi connectivity index (χ1n) is 4.21. The Morgan fingerprint density at radius 2 is 2.23 bits per heavy atom. The van der Waals surface area contributed by atoms with Crippen LogP contribution in [0.4, 0.5) is 5.69 Å². The topological polar surface area (TPSA) is 24.9 Å². The van der Waals surface area contributed by atoms with Crippen LogP contribution in [0.3, 0.4) is 0 Å². The van der Waals surface area contributed by atoms with Gasteiger partial charge in [0.05, 0.1) is 22.6 Å². The van der Waals surface area contributed by atoms with E-state index in [1.54, 1.807) is 11.3 Å². The van der Waals surface area contributed by atoms with Crippen molar-refractivity contribution in [2.24, 2.45) is 0 Å². The van der Waals surface area contributed by atoms with Gasteiger partial charge in [0.1, 0.15) is 0 Å². The average molecular weight is 188 g/mol. The maximum atomic E-state index is 4.38. The molecule has 1 aromatic heterocycles. The van der Waals surface area contributed by atoms with Gasteiger partial charge in [-0.25, -0.2) is 4.98 Å². The number of nitrogens with zero attached hydrogens (tertiary/aromatic N) is 1. The lowest BCUT2D eigenvalue weighted by molar-refractivity contribution is 1.15. The first-order chi connectivity index (χ1) is 6.45. The van der Waals surface area contributed by atoms with Gasteiger partial charge in [-0.3, -0.25) is 0 Å². The predicted molar refractivity (Wildman–Crippen MR) is 54.9 cm³/mol. The standard InChI is InChI=1S/C10H8N2S/c1-2-4-8-7(3-1)10-9(5-11-8)13-6-12-10/h1-4,6,11H,5H2. The minimum atomic E-state index is 0.914. The molecule has 0 saturated heterocycles. The fourth-order valence-electron chi connectivity index (χ4n) is 1.63. The SMILES string of the molecule is c1ccc2c(c1)NCc1scnc1-2. The largest absolute Gasteiger partial charge is 0.380 e. The molecule has 3 rings (SSSR count). The number of benzene rings is 1. The van der Waals surface area contributed by atoms with E-state index in [1.807, 2.05) is 11.6 Å². The number of thiazole rings is 1. The summed E-state index contributed by atoms with van der Waals surface area (Å²) in [7, 11) is 0. The average Bonchev–Trinajstić information content (AvgIpc) is 2.65. The monoisotopic (exact) mass is 188 g/mol. The van der Waals surface area contributed by atoms with Crippen molar-refractivity contribution in [2.45, 2.75) is 6.54 Å². The van der Waals surface area contributed by atoms with Gasteiger partial charge in [0.25, 0.3) is 0 Å². The number of fused-ring (bicyclic) bond motifs is 3. The molecule has 1 N–H and O–H groups in total. The highest BCUT2D eigenvalue weighted by atomic mass is 32.1. The van der Waals surface area contributed by atoms with E-state index in [0.717, 1.165) is 12.2 Å². The molecule has 1 aliphatic rings. The summed E-state index contributed by atoms with van der Waals surface area (Å²) >= 11 is 1.72. The molecular formula is C10H8N2S. The van der Waals surface area contributed by atoms with Crippen molar-refractivity contribution in [2.75, 3.05) is 5.32 Å². The smallest absolute Gasteiger partial charge is 0.0882 e. The summed E-state index contributed by atoms with van der Waals surface area (Å²) < 4.78 is 0. The highest BCUT2D eigenvalue weighted by Crippen LogP contribution is 2.35. The van der Waals surface area contributed by atoms with Crippen LogP contribution in [-0.2, 0) is 6.54 Å². The third kappa shape index (κ3) is 0.971. The fraction of sp³-hybridized carbons (Fsp3) is 0.100. The van der Waals surface area contributed by atoms with E-state index in [0.29, 0.717) is 0 Å². The zero-order valence-corrected chi connectivity index (χ0v) is 7.77. The Kier molecular flexibility index (Phi) is 1.40. The first kappa shape index (κ1) is 7.09. The Bertz CT molecular complexity index is 448. The summed E-state index contributed by atoms with van der Waals surface area (Å²) in [5.74, 6) is 0. The second-order valence-corrected chi connectivity index (χ2v) is 3.96. The lowest BCUT2D eigenvalue weighted by Crippen LogP contribution is -2.06. The Balaban J connectivity index is 2.30. The van der Waals surface area contributed by atoms with Crippen molar-refractivity contribution in [1.82, 2.24) is 4.98 Å². The molecule has 0 fully saturated rings. The van der Waals surface area contributed by atoms with Crippen molar-refractivity contribution in [1.29, 1.82) is 0 Å². The van der Waals surface area contributed by atoms with Crippen LogP contribution in [0.1, 0.15) is 4.88 Å². The molecule has 0 saturated carbocycles. The number of anilines is 1. The van der Waals surface area contributed by atoms with Crippen LogP contribution in [0, 0.1) is 0 Å². The van der Waals surface area contributed by atoms with Gasteiger partial charge in [0.15, 0.2) is 0 Å². The van der Waals surface area contributed by atoms with Gasteiger partial charge in [0, 0.05) is 11.3 Å². The summed E-state index contributed by atoms with van der Waals surface area (Å²) in [5.41, 5.74) is 5.49. The van der Waals surface area contributed by atoms with Gasteiger partial charge in [0.2, 0.25) is 0 Å². The molecule has 2 nitrogen and oxygen atoms in total. The maximum Gasteiger partial charge on any atom is 0.0882 e. The van der Waals surface area contributed by atoms with Crippen LogP contribution in [0.15, 0.2) is 29.8 Å². The number of nitrogens with one attached hydrogen (secondary N) is 1. The van der Waals surface area contributed by atoms with Crippen molar-refractivity contribution in [3.05, 3.63) is 34.7 Å². The van der Waals surface area contributed by atoms with E-state index < -0.39 is 0 Å². The quantitative estimate of drug-likeness (QED) is 0.687. The zero-order chi connectivity index (χ0) is 8.67. The van der Waals surface area contributed by atoms with E-state index in [-0.39, 0.29) is 0 Å². The molecule has 1 aromatic carbocycles. The molecule has 64 valence electrons. The molecule has 0 aliphatic carbocycles. The van der Waals surface area contributed by atoms with Gasteiger partial charge in [-0.1, -0.05) is 18.2 Å². The molecule has 13 heavy (non-hydrogen) atoms. The first-order valence-corrected chi connectivity index (χ1v) is 5.09. The number of para-hydroxylation sites is 1. The minimum absolute atomic E-state index is 0.914. The Labute approximate surface area is 80.3 Å². The highest BCUT2D eigenvalue weighted by Gasteiger charge is 2.16. The van der Waals surface area contributed by atoms with E-state index in [2.05, 4.69) is 28.5 Å². The summed E-state index contributed by atoms with van der Waals surface area (Å²) in [5, 5.41) is 3.38. The maximum absolute atomic E-state index is 4.38. The molecule has 0 amide bonds. The van der Waals surface area contributed by atoms with Gasteiger partial charge in [-0.15, -0.1) is 11.3 Å². The Hall–Kier alpha value is -1.35. The van der Waals surface area contributed by atoms with Gasteiger partial charge >= 0.3 is 0 Å². The van der Waals surface area contributed by atoms with Crippen molar-refractivity contribution < 1.29 is 0 Å². The highest BCUT2D eigenvalue weighted by molar-refractivity contribution is 7.10.